The van der Waals surface area contributed by atoms with Crippen LogP contribution in [0.5, 0.6) is 11.5 Å². The van der Waals surface area contributed by atoms with Gasteiger partial charge in [-0.25, -0.2) is 0 Å². The Labute approximate surface area is 86.6 Å². The highest BCUT2D eigenvalue weighted by atomic mass is 16.3. The zero-order chi connectivity index (χ0) is 11.4. The van der Waals surface area contributed by atoms with E-state index in [-0.39, 0.29) is 17.1 Å². The van der Waals surface area contributed by atoms with E-state index < -0.39 is 11.9 Å². The van der Waals surface area contributed by atoms with Crippen LogP contribution < -0.4 is 5.32 Å². The standard InChI is InChI=1S/C10H10N2O3/c1-6(5-11)12-10(15)8-3-2-7(13)4-9(8)14/h2-4,6,13-14H,1H3,(H,12,15). The molecule has 1 aromatic carbocycles. The van der Waals surface area contributed by atoms with Gasteiger partial charge in [-0.2, -0.15) is 5.26 Å². The van der Waals surface area contributed by atoms with Crippen LogP contribution in [0.1, 0.15) is 17.3 Å². The van der Waals surface area contributed by atoms with Crippen molar-refractivity contribution in [1.82, 2.24) is 5.32 Å². The average Bonchev–Trinajstić information content (AvgIpc) is 2.17. The molecule has 0 aromatic heterocycles. The first kappa shape index (κ1) is 10.9. The van der Waals surface area contributed by atoms with Gasteiger partial charge in [-0.3, -0.25) is 4.79 Å². The molecule has 0 spiro atoms. The SMILES string of the molecule is CC(C#N)NC(=O)c1ccc(O)cc1O. The number of phenolic OH excluding ortho intramolecular Hbond substituents is 2. The Balaban J connectivity index is 2.88. The number of nitriles is 1. The van der Waals surface area contributed by atoms with E-state index in [2.05, 4.69) is 5.32 Å². The first-order chi connectivity index (χ1) is 7.04. The average molecular weight is 206 g/mol. The van der Waals surface area contributed by atoms with E-state index in [0.29, 0.717) is 0 Å². The molecule has 1 unspecified atom stereocenters. The fourth-order valence-corrected chi connectivity index (χ4v) is 1.02. The second-order valence-electron chi connectivity index (χ2n) is 3.03. The van der Waals surface area contributed by atoms with Crippen LogP contribution in [0.3, 0.4) is 0 Å². The zero-order valence-electron chi connectivity index (χ0n) is 8.06. The van der Waals surface area contributed by atoms with Crippen molar-refractivity contribution in [2.75, 3.05) is 0 Å². The highest BCUT2D eigenvalue weighted by Crippen LogP contribution is 2.22. The van der Waals surface area contributed by atoms with E-state index in [9.17, 15) is 9.90 Å². The largest absolute Gasteiger partial charge is 0.508 e. The molecule has 5 nitrogen and oxygen atoms in total. The maximum absolute atomic E-state index is 11.4. The number of hydrogen-bond acceptors (Lipinski definition) is 4. The summed E-state index contributed by atoms with van der Waals surface area (Å²) >= 11 is 0. The number of amides is 1. The van der Waals surface area contributed by atoms with Gasteiger partial charge in [0, 0.05) is 6.07 Å². The third-order valence-corrected chi connectivity index (χ3v) is 1.77. The fraction of sp³-hybridized carbons (Fsp3) is 0.200. The lowest BCUT2D eigenvalue weighted by atomic mass is 10.1. The maximum Gasteiger partial charge on any atom is 0.256 e. The van der Waals surface area contributed by atoms with Crippen LogP contribution in [0.4, 0.5) is 0 Å². The number of hydrogen-bond donors (Lipinski definition) is 3. The van der Waals surface area contributed by atoms with Crippen LogP contribution >= 0.6 is 0 Å². The molecule has 0 saturated carbocycles. The molecule has 0 saturated heterocycles. The van der Waals surface area contributed by atoms with Gasteiger partial charge >= 0.3 is 0 Å². The number of aromatic hydroxyl groups is 2. The Kier molecular flexibility index (Phi) is 3.13. The van der Waals surface area contributed by atoms with Crippen molar-refractivity contribution < 1.29 is 15.0 Å². The number of phenols is 2. The third-order valence-electron chi connectivity index (χ3n) is 1.77. The number of nitrogens with one attached hydrogen (secondary N) is 1. The monoisotopic (exact) mass is 206 g/mol. The highest BCUT2D eigenvalue weighted by molar-refractivity contribution is 5.97. The minimum atomic E-state index is -0.634. The number of carbonyl (C=O) groups excluding carboxylic acids is 1. The molecule has 0 aliphatic carbocycles. The van der Waals surface area contributed by atoms with Crippen molar-refractivity contribution in [3.8, 4) is 17.6 Å². The number of nitrogens with zero attached hydrogens (tertiary/aromatic N) is 1. The predicted molar refractivity (Wildman–Crippen MR) is 52.3 cm³/mol. The molecular weight excluding hydrogens is 196 g/mol. The van der Waals surface area contributed by atoms with Crippen molar-refractivity contribution in [2.24, 2.45) is 0 Å². The summed E-state index contributed by atoms with van der Waals surface area (Å²) in [5.74, 6) is -1.00. The third kappa shape index (κ3) is 2.61. The lowest BCUT2D eigenvalue weighted by Gasteiger charge is -2.07. The first-order valence-corrected chi connectivity index (χ1v) is 4.27. The molecule has 15 heavy (non-hydrogen) atoms. The van der Waals surface area contributed by atoms with Crippen LogP contribution in [0.15, 0.2) is 18.2 Å². The van der Waals surface area contributed by atoms with Crippen molar-refractivity contribution in [3.63, 3.8) is 0 Å². The normalized spacial score (nSPS) is 11.5. The number of rotatable bonds is 2. The number of carbonyl (C=O) groups is 1. The molecule has 0 radical (unpaired) electrons. The molecule has 0 aliphatic rings. The number of benzene rings is 1. The summed E-state index contributed by atoms with van der Waals surface area (Å²) in [5, 5.41) is 29.2. The second-order valence-corrected chi connectivity index (χ2v) is 3.03. The van der Waals surface area contributed by atoms with Crippen molar-refractivity contribution in [3.05, 3.63) is 23.8 Å². The van der Waals surface area contributed by atoms with Gasteiger partial charge in [-0.15, -0.1) is 0 Å². The smallest absolute Gasteiger partial charge is 0.256 e. The van der Waals surface area contributed by atoms with Gasteiger partial charge in [0.1, 0.15) is 17.5 Å². The van der Waals surface area contributed by atoms with Gasteiger partial charge in [-0.05, 0) is 19.1 Å². The molecule has 1 rings (SSSR count). The van der Waals surface area contributed by atoms with E-state index in [4.69, 9.17) is 10.4 Å². The Morgan fingerprint density at radius 2 is 2.20 bits per heavy atom. The zero-order valence-corrected chi connectivity index (χ0v) is 8.06. The topological polar surface area (TPSA) is 93.4 Å². The molecule has 0 fully saturated rings. The van der Waals surface area contributed by atoms with Gasteiger partial charge < -0.3 is 15.5 Å². The van der Waals surface area contributed by atoms with Crippen LogP contribution in [-0.2, 0) is 0 Å². The van der Waals surface area contributed by atoms with Gasteiger partial charge in [0.25, 0.3) is 5.91 Å². The molecule has 78 valence electrons. The van der Waals surface area contributed by atoms with Gasteiger partial charge in [0.15, 0.2) is 0 Å². The van der Waals surface area contributed by atoms with Crippen molar-refractivity contribution in [2.45, 2.75) is 13.0 Å². The Bertz CT molecular complexity index is 423. The Morgan fingerprint density at radius 3 is 2.73 bits per heavy atom. The molecule has 0 aliphatic heterocycles. The summed E-state index contributed by atoms with van der Waals surface area (Å²) in [5.41, 5.74) is 0.0231. The molecular formula is C10H10N2O3. The quantitative estimate of drug-likeness (QED) is 0.665. The highest BCUT2D eigenvalue weighted by Gasteiger charge is 2.13. The lowest BCUT2D eigenvalue weighted by Crippen LogP contribution is -2.31. The van der Waals surface area contributed by atoms with Crippen molar-refractivity contribution in [1.29, 1.82) is 5.26 Å². The van der Waals surface area contributed by atoms with E-state index in [0.717, 1.165) is 6.07 Å². The molecule has 0 heterocycles. The van der Waals surface area contributed by atoms with Crippen LogP contribution in [0, 0.1) is 11.3 Å². The molecule has 1 amide bonds. The van der Waals surface area contributed by atoms with E-state index in [1.54, 1.807) is 0 Å². The predicted octanol–water partition coefficient (Wildman–Crippen LogP) is 0.740. The van der Waals surface area contributed by atoms with Crippen molar-refractivity contribution >= 4 is 5.91 Å². The Morgan fingerprint density at radius 1 is 1.53 bits per heavy atom. The first-order valence-electron chi connectivity index (χ1n) is 4.27. The van der Waals surface area contributed by atoms with Crippen LogP contribution in [0.2, 0.25) is 0 Å². The molecule has 1 aromatic rings. The summed E-state index contributed by atoms with van der Waals surface area (Å²) in [6.45, 7) is 1.52. The summed E-state index contributed by atoms with van der Waals surface area (Å²) in [6, 6.07) is 4.83. The molecule has 1 atom stereocenters. The van der Waals surface area contributed by atoms with Crippen LogP contribution in [0.25, 0.3) is 0 Å². The minimum absolute atomic E-state index is 0.0231. The van der Waals surface area contributed by atoms with Crippen LogP contribution in [-0.4, -0.2) is 22.2 Å². The summed E-state index contributed by atoms with van der Waals surface area (Å²) in [4.78, 5) is 11.4. The molecule has 0 bridgehead atoms. The second kappa shape index (κ2) is 4.33. The summed E-state index contributed by atoms with van der Waals surface area (Å²) < 4.78 is 0. The fourth-order valence-electron chi connectivity index (χ4n) is 1.02. The summed E-state index contributed by atoms with van der Waals surface area (Å²) in [6.07, 6.45) is 0. The summed E-state index contributed by atoms with van der Waals surface area (Å²) in [7, 11) is 0. The van der Waals surface area contributed by atoms with E-state index in [1.807, 2.05) is 6.07 Å². The minimum Gasteiger partial charge on any atom is -0.508 e. The van der Waals surface area contributed by atoms with Gasteiger partial charge in [-0.1, -0.05) is 0 Å². The van der Waals surface area contributed by atoms with Gasteiger partial charge in [0.05, 0.1) is 11.6 Å². The lowest BCUT2D eigenvalue weighted by molar-refractivity contribution is 0.0945. The van der Waals surface area contributed by atoms with E-state index in [1.165, 1.54) is 19.1 Å². The van der Waals surface area contributed by atoms with E-state index >= 15 is 0 Å². The molecule has 5 heteroatoms. The Hall–Kier alpha value is -2.22. The maximum atomic E-state index is 11.4. The molecule has 3 N–H and O–H groups in total. The van der Waals surface area contributed by atoms with Gasteiger partial charge in [0.2, 0.25) is 0 Å².